The zero-order valence-corrected chi connectivity index (χ0v) is 17.3. The van der Waals surface area contributed by atoms with Crippen molar-refractivity contribution in [1.29, 1.82) is 0 Å². The minimum atomic E-state index is -0.175. The van der Waals surface area contributed by atoms with Crippen LogP contribution in [0.15, 0.2) is 54.6 Å². The normalized spacial score (nSPS) is 16.8. The number of nitrogens with one attached hydrogen (secondary N) is 1. The Kier molecular flexibility index (Phi) is 5.20. The van der Waals surface area contributed by atoms with Gasteiger partial charge in [0.1, 0.15) is 0 Å². The van der Waals surface area contributed by atoms with Gasteiger partial charge < -0.3 is 15.1 Å². The molecule has 5 nitrogen and oxygen atoms in total. The molecular weight excluding hydrogens is 350 g/mol. The third kappa shape index (κ3) is 3.75. The Morgan fingerprint density at radius 3 is 2.14 bits per heavy atom. The Hall–Kier alpha value is -2.82. The van der Waals surface area contributed by atoms with Gasteiger partial charge in [0, 0.05) is 35.9 Å². The molecule has 1 aliphatic heterocycles. The second-order valence-electron chi connectivity index (χ2n) is 8.62. The van der Waals surface area contributed by atoms with Crippen molar-refractivity contribution in [2.24, 2.45) is 5.41 Å². The maximum atomic E-state index is 12.6. The fraction of sp³-hybridized carbons (Fsp3) is 0.391. The number of hydrogen-bond donors (Lipinski definition) is 1. The number of likely N-dealkylation sites (N-methyl/N-ethyl adjacent to an activating group) is 1. The van der Waals surface area contributed by atoms with E-state index in [1.54, 1.807) is 11.9 Å². The number of amides is 3. The molecule has 1 saturated heterocycles. The van der Waals surface area contributed by atoms with Crippen LogP contribution in [0.25, 0.3) is 0 Å². The van der Waals surface area contributed by atoms with Gasteiger partial charge in [0.2, 0.25) is 5.91 Å². The van der Waals surface area contributed by atoms with Crippen LogP contribution in [0.1, 0.15) is 33.3 Å². The van der Waals surface area contributed by atoms with Crippen LogP contribution in [0.4, 0.5) is 16.2 Å². The third-order valence-electron chi connectivity index (χ3n) is 6.21. The highest BCUT2D eigenvalue weighted by Crippen LogP contribution is 2.46. The van der Waals surface area contributed by atoms with Crippen molar-refractivity contribution in [2.45, 2.75) is 39.7 Å². The molecule has 28 heavy (non-hydrogen) atoms. The first-order valence-electron chi connectivity index (χ1n) is 9.61. The fourth-order valence-corrected chi connectivity index (χ4v) is 3.37. The van der Waals surface area contributed by atoms with E-state index in [0.29, 0.717) is 6.42 Å². The lowest BCUT2D eigenvalue weighted by molar-refractivity contribution is -0.117. The molecule has 3 rings (SSSR count). The highest BCUT2D eigenvalue weighted by atomic mass is 16.2. The summed E-state index contributed by atoms with van der Waals surface area (Å²) in [6.45, 7) is 9.27. The van der Waals surface area contributed by atoms with E-state index in [1.165, 1.54) is 0 Å². The first-order chi connectivity index (χ1) is 13.1. The lowest BCUT2D eigenvalue weighted by Crippen LogP contribution is -2.71. The van der Waals surface area contributed by atoms with Gasteiger partial charge in [-0.1, -0.05) is 44.2 Å². The molecule has 1 fully saturated rings. The van der Waals surface area contributed by atoms with Crippen molar-refractivity contribution in [3.8, 4) is 0 Å². The minimum absolute atomic E-state index is 0.0209. The largest absolute Gasteiger partial charge is 0.322 e. The Bertz CT molecular complexity index is 857. The minimum Gasteiger partial charge on any atom is -0.318 e. The summed E-state index contributed by atoms with van der Waals surface area (Å²) in [6.07, 6.45) is 0.312. The van der Waals surface area contributed by atoms with E-state index in [2.05, 4.69) is 33.0 Å². The average Bonchev–Trinajstić information content (AvgIpc) is 2.67. The Morgan fingerprint density at radius 2 is 1.61 bits per heavy atom. The molecule has 1 aliphatic rings. The standard InChI is InChI=1S/C23H29N3O2/c1-22(2)16-26(23(22,3)4)21(28)24-18-13-11-17(12-14-18)15-20(27)25(5)19-9-7-6-8-10-19/h6-14H,15-16H2,1-5H3,(H,24,28). The summed E-state index contributed by atoms with van der Waals surface area (Å²) in [5, 5.41) is 2.96. The van der Waals surface area contributed by atoms with Gasteiger partial charge in [-0.15, -0.1) is 0 Å². The molecule has 2 aromatic carbocycles. The number of carbonyl (C=O) groups excluding carboxylic acids is 2. The van der Waals surface area contributed by atoms with E-state index < -0.39 is 0 Å². The number of carbonyl (C=O) groups is 2. The lowest BCUT2D eigenvalue weighted by atomic mass is 9.65. The van der Waals surface area contributed by atoms with Crippen molar-refractivity contribution in [3.63, 3.8) is 0 Å². The molecule has 0 spiro atoms. The predicted molar refractivity (Wildman–Crippen MR) is 114 cm³/mol. The molecular formula is C23H29N3O2. The molecule has 1 N–H and O–H groups in total. The summed E-state index contributed by atoms with van der Waals surface area (Å²) < 4.78 is 0. The summed E-state index contributed by atoms with van der Waals surface area (Å²) in [5.74, 6) is 0.0209. The van der Waals surface area contributed by atoms with E-state index in [1.807, 2.05) is 59.5 Å². The number of rotatable bonds is 4. The molecule has 0 aliphatic carbocycles. The maximum Gasteiger partial charge on any atom is 0.322 e. The average molecular weight is 380 g/mol. The second kappa shape index (κ2) is 7.30. The van der Waals surface area contributed by atoms with Crippen LogP contribution >= 0.6 is 0 Å². The van der Waals surface area contributed by atoms with Gasteiger partial charge in [-0.25, -0.2) is 4.79 Å². The van der Waals surface area contributed by atoms with E-state index in [9.17, 15) is 9.59 Å². The van der Waals surface area contributed by atoms with Gasteiger partial charge in [-0.05, 0) is 43.7 Å². The summed E-state index contributed by atoms with van der Waals surface area (Å²) in [4.78, 5) is 28.6. The summed E-state index contributed by atoms with van der Waals surface area (Å²) >= 11 is 0. The first-order valence-corrected chi connectivity index (χ1v) is 9.61. The lowest BCUT2D eigenvalue weighted by Gasteiger charge is -2.60. The van der Waals surface area contributed by atoms with E-state index in [4.69, 9.17) is 0 Å². The Morgan fingerprint density at radius 1 is 1.00 bits per heavy atom. The maximum absolute atomic E-state index is 12.6. The molecule has 1 heterocycles. The van der Waals surface area contributed by atoms with Gasteiger partial charge in [0.15, 0.2) is 0 Å². The Labute approximate surface area is 167 Å². The van der Waals surface area contributed by atoms with E-state index in [-0.39, 0.29) is 22.9 Å². The number of nitrogens with zero attached hydrogens (tertiary/aromatic N) is 2. The molecule has 2 aromatic rings. The van der Waals surface area contributed by atoms with Crippen LogP contribution in [-0.4, -0.2) is 36.0 Å². The molecule has 3 amide bonds. The van der Waals surface area contributed by atoms with Crippen LogP contribution in [0.5, 0.6) is 0 Å². The fourth-order valence-electron chi connectivity index (χ4n) is 3.37. The number of anilines is 2. The SMILES string of the molecule is CN(C(=O)Cc1ccc(NC(=O)N2CC(C)(C)C2(C)C)cc1)c1ccccc1. The third-order valence-corrected chi connectivity index (χ3v) is 6.21. The summed E-state index contributed by atoms with van der Waals surface area (Å²) in [7, 11) is 1.78. The Balaban J connectivity index is 1.58. The number of hydrogen-bond acceptors (Lipinski definition) is 2. The van der Waals surface area contributed by atoms with Gasteiger partial charge in [0.25, 0.3) is 0 Å². The monoisotopic (exact) mass is 379 g/mol. The van der Waals surface area contributed by atoms with Crippen LogP contribution < -0.4 is 10.2 Å². The second-order valence-corrected chi connectivity index (χ2v) is 8.62. The molecule has 0 aromatic heterocycles. The van der Waals surface area contributed by atoms with E-state index >= 15 is 0 Å². The van der Waals surface area contributed by atoms with E-state index in [0.717, 1.165) is 23.5 Å². The van der Waals surface area contributed by atoms with Crippen molar-refractivity contribution in [3.05, 3.63) is 60.2 Å². The molecule has 0 radical (unpaired) electrons. The predicted octanol–water partition coefficient (Wildman–Crippen LogP) is 4.54. The molecule has 0 bridgehead atoms. The topological polar surface area (TPSA) is 52.7 Å². The molecule has 5 heteroatoms. The van der Waals surface area contributed by atoms with Gasteiger partial charge in [-0.2, -0.15) is 0 Å². The van der Waals surface area contributed by atoms with Crippen molar-refractivity contribution in [2.75, 3.05) is 23.8 Å². The number of likely N-dealkylation sites (tertiary alicyclic amines) is 1. The van der Waals surface area contributed by atoms with Crippen LogP contribution in [0, 0.1) is 5.41 Å². The number of para-hydroxylation sites is 1. The molecule has 0 unspecified atom stereocenters. The van der Waals surface area contributed by atoms with Crippen LogP contribution in [0.3, 0.4) is 0 Å². The van der Waals surface area contributed by atoms with Crippen molar-refractivity contribution >= 4 is 23.3 Å². The number of urea groups is 1. The van der Waals surface area contributed by atoms with Gasteiger partial charge >= 0.3 is 6.03 Å². The number of benzene rings is 2. The van der Waals surface area contributed by atoms with Crippen molar-refractivity contribution < 1.29 is 9.59 Å². The van der Waals surface area contributed by atoms with Crippen LogP contribution in [-0.2, 0) is 11.2 Å². The molecule has 148 valence electrons. The smallest absolute Gasteiger partial charge is 0.318 e. The van der Waals surface area contributed by atoms with Gasteiger partial charge in [-0.3, -0.25) is 4.79 Å². The summed E-state index contributed by atoms with van der Waals surface area (Å²) in [5.41, 5.74) is 2.45. The van der Waals surface area contributed by atoms with Crippen molar-refractivity contribution in [1.82, 2.24) is 4.90 Å². The molecule has 0 saturated carbocycles. The van der Waals surface area contributed by atoms with Gasteiger partial charge in [0.05, 0.1) is 6.42 Å². The molecule has 0 atom stereocenters. The highest BCUT2D eigenvalue weighted by molar-refractivity contribution is 5.94. The first kappa shape index (κ1) is 19.9. The zero-order chi connectivity index (χ0) is 20.5. The zero-order valence-electron chi connectivity index (χ0n) is 17.3. The highest BCUT2D eigenvalue weighted by Gasteiger charge is 2.54. The summed E-state index contributed by atoms with van der Waals surface area (Å²) in [6, 6.07) is 17.0. The quantitative estimate of drug-likeness (QED) is 0.848. The van der Waals surface area contributed by atoms with Crippen LogP contribution in [0.2, 0.25) is 0 Å².